The average Bonchev–Trinajstić information content (AvgIpc) is 2.94. The molecule has 0 unspecified atom stereocenters. The number of nitrogens with one attached hydrogen (secondary N) is 2. The topological polar surface area (TPSA) is 71.3 Å². The van der Waals surface area contributed by atoms with Crippen molar-refractivity contribution in [3.05, 3.63) is 51.9 Å². The Morgan fingerprint density at radius 3 is 2.67 bits per heavy atom. The van der Waals surface area contributed by atoms with Crippen molar-refractivity contribution in [3.63, 3.8) is 0 Å². The monoisotopic (exact) mass is 372 g/mol. The predicted octanol–water partition coefficient (Wildman–Crippen LogP) is 2.55. The third-order valence-electron chi connectivity index (χ3n) is 2.97. The zero-order valence-electron chi connectivity index (χ0n) is 11.8. The largest absolute Gasteiger partial charge is 0.468 e. The van der Waals surface area contributed by atoms with Crippen LogP contribution in [0.15, 0.2) is 44.3 Å². The molecule has 1 heterocycles. The summed E-state index contributed by atoms with van der Waals surface area (Å²) in [6, 6.07) is 7.06. The molecule has 0 fully saturated rings. The van der Waals surface area contributed by atoms with Crippen LogP contribution in [-0.4, -0.2) is 15.5 Å². The van der Waals surface area contributed by atoms with Crippen LogP contribution in [-0.2, 0) is 23.1 Å². The molecule has 5 nitrogen and oxygen atoms in total. The summed E-state index contributed by atoms with van der Waals surface area (Å²) < 4.78 is 33.2. The molecule has 1 aromatic heterocycles. The second-order valence-corrected chi connectivity index (χ2v) is 7.19. The van der Waals surface area contributed by atoms with Crippen LogP contribution >= 0.6 is 15.9 Å². The molecule has 0 amide bonds. The third-order valence-corrected chi connectivity index (χ3v) is 5.71. The standard InChI is InChI=1S/C14H17BrN2O3S/c1-10-6-11(8-16-2)7-13(14(10)15)21(18,19)17-9-12-4-3-5-20-12/h3-7,16-17H,8-9H2,1-2H3. The molecule has 0 aliphatic heterocycles. The smallest absolute Gasteiger partial charge is 0.242 e. The molecule has 0 aliphatic rings. The SMILES string of the molecule is CNCc1cc(C)c(Br)c(S(=O)(=O)NCc2ccco2)c1. The first-order chi connectivity index (χ1) is 9.94. The molecule has 0 radical (unpaired) electrons. The highest BCUT2D eigenvalue weighted by atomic mass is 79.9. The maximum absolute atomic E-state index is 12.5. The quantitative estimate of drug-likeness (QED) is 0.817. The van der Waals surface area contributed by atoms with Crippen molar-refractivity contribution < 1.29 is 12.8 Å². The van der Waals surface area contributed by atoms with Gasteiger partial charge in [0.1, 0.15) is 5.76 Å². The minimum absolute atomic E-state index is 0.122. The van der Waals surface area contributed by atoms with Crippen molar-refractivity contribution >= 4 is 26.0 Å². The molecule has 0 saturated carbocycles. The summed E-state index contributed by atoms with van der Waals surface area (Å²) in [7, 11) is -1.79. The first-order valence-electron chi connectivity index (χ1n) is 6.39. The van der Waals surface area contributed by atoms with E-state index >= 15 is 0 Å². The molecular formula is C14H17BrN2O3S. The van der Waals surface area contributed by atoms with E-state index in [0.717, 1.165) is 11.1 Å². The zero-order valence-corrected chi connectivity index (χ0v) is 14.2. The molecule has 7 heteroatoms. The van der Waals surface area contributed by atoms with Gasteiger partial charge in [-0.15, -0.1) is 0 Å². The van der Waals surface area contributed by atoms with Gasteiger partial charge in [0.25, 0.3) is 0 Å². The van der Waals surface area contributed by atoms with Crippen molar-refractivity contribution in [2.24, 2.45) is 0 Å². The molecule has 2 aromatic rings. The molecule has 0 atom stereocenters. The van der Waals surface area contributed by atoms with Crippen molar-refractivity contribution in [3.8, 4) is 0 Å². The van der Waals surface area contributed by atoms with Gasteiger partial charge >= 0.3 is 0 Å². The summed E-state index contributed by atoms with van der Waals surface area (Å²) in [6.45, 7) is 2.60. The van der Waals surface area contributed by atoms with E-state index in [4.69, 9.17) is 4.42 Å². The lowest BCUT2D eigenvalue weighted by atomic mass is 10.1. The number of aryl methyl sites for hydroxylation is 1. The molecule has 21 heavy (non-hydrogen) atoms. The Labute approximate surface area is 132 Å². The minimum atomic E-state index is -3.62. The normalized spacial score (nSPS) is 11.8. The van der Waals surface area contributed by atoms with Gasteiger partial charge in [-0.3, -0.25) is 0 Å². The van der Waals surface area contributed by atoms with Crippen LogP contribution in [0, 0.1) is 6.92 Å². The maximum atomic E-state index is 12.5. The third kappa shape index (κ3) is 3.94. The molecule has 0 bridgehead atoms. The van der Waals surface area contributed by atoms with Gasteiger partial charge in [0.2, 0.25) is 10.0 Å². The van der Waals surface area contributed by atoms with E-state index in [1.54, 1.807) is 18.2 Å². The van der Waals surface area contributed by atoms with Crippen LogP contribution in [0.2, 0.25) is 0 Å². The van der Waals surface area contributed by atoms with Crippen LogP contribution < -0.4 is 10.0 Å². The van der Waals surface area contributed by atoms with Crippen molar-refractivity contribution in [2.75, 3.05) is 7.05 Å². The highest BCUT2D eigenvalue weighted by Crippen LogP contribution is 2.27. The summed E-state index contributed by atoms with van der Waals surface area (Å²) in [4.78, 5) is 0.235. The Bertz CT molecular complexity index is 712. The number of benzene rings is 1. The Kier molecular flexibility index (Phi) is 5.21. The van der Waals surface area contributed by atoms with Crippen LogP contribution in [0.3, 0.4) is 0 Å². The lowest BCUT2D eigenvalue weighted by Gasteiger charge is -2.12. The van der Waals surface area contributed by atoms with Gasteiger partial charge in [-0.2, -0.15) is 0 Å². The Balaban J connectivity index is 2.30. The van der Waals surface area contributed by atoms with Gasteiger partial charge in [-0.1, -0.05) is 6.07 Å². The van der Waals surface area contributed by atoms with Crippen molar-refractivity contribution in [1.29, 1.82) is 0 Å². The molecular weight excluding hydrogens is 356 g/mol. The first-order valence-corrected chi connectivity index (χ1v) is 8.67. The fraction of sp³-hybridized carbons (Fsp3) is 0.286. The van der Waals surface area contributed by atoms with Crippen LogP contribution in [0.4, 0.5) is 0 Å². The van der Waals surface area contributed by atoms with Crippen LogP contribution in [0.5, 0.6) is 0 Å². The molecule has 0 spiro atoms. The molecule has 114 valence electrons. The summed E-state index contributed by atoms with van der Waals surface area (Å²) in [5, 5.41) is 3.02. The summed E-state index contributed by atoms with van der Waals surface area (Å²) in [6.07, 6.45) is 1.51. The summed E-state index contributed by atoms with van der Waals surface area (Å²) >= 11 is 3.36. The zero-order chi connectivity index (χ0) is 15.5. The van der Waals surface area contributed by atoms with E-state index < -0.39 is 10.0 Å². The van der Waals surface area contributed by atoms with Crippen molar-refractivity contribution in [2.45, 2.75) is 24.9 Å². The maximum Gasteiger partial charge on any atom is 0.242 e. The van der Waals surface area contributed by atoms with E-state index in [0.29, 0.717) is 16.8 Å². The van der Waals surface area contributed by atoms with Gasteiger partial charge in [0.15, 0.2) is 0 Å². The second-order valence-electron chi connectivity index (χ2n) is 4.66. The van der Waals surface area contributed by atoms with E-state index in [9.17, 15) is 8.42 Å². The van der Waals surface area contributed by atoms with E-state index in [1.165, 1.54) is 6.26 Å². The Hall–Kier alpha value is -1.15. The van der Waals surface area contributed by atoms with Crippen LogP contribution in [0.1, 0.15) is 16.9 Å². The average molecular weight is 373 g/mol. The second kappa shape index (κ2) is 6.74. The highest BCUT2D eigenvalue weighted by Gasteiger charge is 2.20. The predicted molar refractivity (Wildman–Crippen MR) is 84.4 cm³/mol. The lowest BCUT2D eigenvalue weighted by Crippen LogP contribution is -2.24. The molecule has 2 N–H and O–H groups in total. The van der Waals surface area contributed by atoms with Gasteiger partial charge < -0.3 is 9.73 Å². The minimum Gasteiger partial charge on any atom is -0.468 e. The number of halogens is 1. The fourth-order valence-electron chi connectivity index (χ4n) is 1.97. The van der Waals surface area contributed by atoms with Gasteiger partial charge in [-0.05, 0) is 59.2 Å². The van der Waals surface area contributed by atoms with Gasteiger partial charge in [-0.25, -0.2) is 13.1 Å². The van der Waals surface area contributed by atoms with Gasteiger partial charge in [0, 0.05) is 11.0 Å². The number of furan rings is 1. The van der Waals surface area contributed by atoms with E-state index in [2.05, 4.69) is 26.0 Å². The number of sulfonamides is 1. The van der Waals surface area contributed by atoms with E-state index in [-0.39, 0.29) is 11.4 Å². The number of rotatable bonds is 6. The summed E-state index contributed by atoms with van der Waals surface area (Å²) in [5.74, 6) is 0.567. The molecule has 2 rings (SSSR count). The highest BCUT2D eigenvalue weighted by molar-refractivity contribution is 9.10. The molecule has 0 saturated heterocycles. The number of hydrogen-bond donors (Lipinski definition) is 2. The number of hydrogen-bond acceptors (Lipinski definition) is 4. The Morgan fingerprint density at radius 2 is 2.05 bits per heavy atom. The molecule has 0 aliphatic carbocycles. The van der Waals surface area contributed by atoms with Gasteiger partial charge in [0.05, 0.1) is 17.7 Å². The molecule has 1 aromatic carbocycles. The van der Waals surface area contributed by atoms with Crippen molar-refractivity contribution in [1.82, 2.24) is 10.0 Å². The van der Waals surface area contributed by atoms with E-state index in [1.807, 2.05) is 20.0 Å². The first kappa shape index (κ1) is 16.2. The lowest BCUT2D eigenvalue weighted by molar-refractivity contribution is 0.498. The fourth-order valence-corrected chi connectivity index (χ4v) is 4.03. The Morgan fingerprint density at radius 1 is 1.29 bits per heavy atom. The van der Waals surface area contributed by atoms with Crippen LogP contribution in [0.25, 0.3) is 0 Å². The summed E-state index contributed by atoms with van der Waals surface area (Å²) in [5.41, 5.74) is 1.79.